The molecule has 0 unspecified atom stereocenters. The zero-order valence-corrected chi connectivity index (χ0v) is 18.6. The lowest BCUT2D eigenvalue weighted by Gasteiger charge is -2.10. The number of hydrogen-bond acceptors (Lipinski definition) is 7. The second-order valence-electron chi connectivity index (χ2n) is 7.04. The highest BCUT2D eigenvalue weighted by atomic mass is 35.5. The fourth-order valence-corrected chi connectivity index (χ4v) is 4.53. The first-order chi connectivity index (χ1) is 15.7. The summed E-state index contributed by atoms with van der Waals surface area (Å²) in [6.45, 7) is 1.85. The number of para-hydroxylation sites is 1. The SMILES string of the molecule is Cc1cccc2c(N=Nc3ccc([N+](=O)[O-])cc3S(=O)(=O)Nc3ccc(Cl)cc3)c(O)[nH]c12. The molecular formula is C21H16ClN5O5S. The standard InChI is InChI=1S/C21H16ClN5O5S/c1-12-3-2-4-16-19(12)23-21(28)20(16)25-24-17-10-9-15(27(29)30)11-18(17)33(31,32)26-14-7-5-13(22)6-8-14/h2-11,23,26,28H,1H3. The second-order valence-corrected chi connectivity index (χ2v) is 9.13. The number of nitro benzene ring substituents is 1. The number of aromatic amines is 1. The fourth-order valence-electron chi connectivity index (χ4n) is 3.18. The maximum atomic E-state index is 13.0. The molecule has 0 aliphatic carbocycles. The number of halogens is 1. The van der Waals surface area contributed by atoms with Gasteiger partial charge in [0.1, 0.15) is 10.6 Å². The molecule has 0 bridgehead atoms. The Bertz CT molecular complexity index is 1510. The summed E-state index contributed by atoms with van der Waals surface area (Å²) in [5.41, 5.74) is 1.26. The molecule has 0 saturated heterocycles. The first kappa shape index (κ1) is 22.2. The summed E-state index contributed by atoms with van der Waals surface area (Å²) in [5.74, 6) is -0.242. The molecule has 33 heavy (non-hydrogen) atoms. The van der Waals surface area contributed by atoms with Crippen molar-refractivity contribution in [1.29, 1.82) is 0 Å². The van der Waals surface area contributed by atoms with Gasteiger partial charge in [-0.2, -0.15) is 0 Å². The molecule has 0 radical (unpaired) electrons. The molecule has 0 atom stereocenters. The lowest BCUT2D eigenvalue weighted by atomic mass is 10.1. The number of fused-ring (bicyclic) bond motifs is 1. The Kier molecular flexibility index (Phi) is 5.75. The Labute approximate surface area is 192 Å². The van der Waals surface area contributed by atoms with Crippen molar-refractivity contribution in [2.24, 2.45) is 10.2 Å². The minimum Gasteiger partial charge on any atom is -0.493 e. The molecule has 3 aromatic carbocycles. The van der Waals surface area contributed by atoms with Gasteiger partial charge in [-0.3, -0.25) is 14.8 Å². The van der Waals surface area contributed by atoms with Crippen molar-refractivity contribution < 1.29 is 18.4 Å². The Hall–Kier alpha value is -3.96. The summed E-state index contributed by atoms with van der Waals surface area (Å²) >= 11 is 5.83. The maximum Gasteiger partial charge on any atom is 0.270 e. The summed E-state index contributed by atoms with van der Waals surface area (Å²) in [6.07, 6.45) is 0. The minimum absolute atomic E-state index is 0.112. The van der Waals surface area contributed by atoms with Gasteiger partial charge in [0.25, 0.3) is 15.7 Å². The van der Waals surface area contributed by atoms with E-state index in [0.717, 1.165) is 17.7 Å². The normalized spacial score (nSPS) is 11.8. The van der Waals surface area contributed by atoms with Gasteiger partial charge in [0, 0.05) is 28.2 Å². The molecular weight excluding hydrogens is 470 g/mol. The van der Waals surface area contributed by atoms with Gasteiger partial charge >= 0.3 is 0 Å². The fraction of sp³-hybridized carbons (Fsp3) is 0.0476. The van der Waals surface area contributed by atoms with Crippen LogP contribution in [0.3, 0.4) is 0 Å². The second kappa shape index (κ2) is 8.52. The third-order valence-corrected chi connectivity index (χ3v) is 6.46. The molecule has 0 amide bonds. The van der Waals surface area contributed by atoms with Crippen molar-refractivity contribution >= 4 is 55.3 Å². The topological polar surface area (TPSA) is 150 Å². The van der Waals surface area contributed by atoms with E-state index in [9.17, 15) is 23.6 Å². The van der Waals surface area contributed by atoms with Gasteiger partial charge in [-0.05, 0) is 42.8 Å². The van der Waals surface area contributed by atoms with Gasteiger partial charge in [0.05, 0.1) is 10.4 Å². The van der Waals surface area contributed by atoms with E-state index in [2.05, 4.69) is 19.9 Å². The van der Waals surface area contributed by atoms with Gasteiger partial charge in [0.15, 0.2) is 5.69 Å². The monoisotopic (exact) mass is 485 g/mol. The van der Waals surface area contributed by atoms with E-state index >= 15 is 0 Å². The molecule has 168 valence electrons. The van der Waals surface area contributed by atoms with Crippen LogP contribution in [0.5, 0.6) is 5.88 Å². The number of nitrogens with zero attached hydrogens (tertiary/aromatic N) is 3. The third kappa shape index (κ3) is 4.49. The molecule has 0 aliphatic rings. The molecule has 10 nitrogen and oxygen atoms in total. The van der Waals surface area contributed by atoms with E-state index in [1.165, 1.54) is 30.3 Å². The van der Waals surface area contributed by atoms with Crippen LogP contribution in [0.1, 0.15) is 5.56 Å². The number of aryl methyl sites for hydroxylation is 1. The highest BCUT2D eigenvalue weighted by Crippen LogP contribution is 2.38. The molecule has 0 aliphatic heterocycles. The number of non-ortho nitro benzene ring substituents is 1. The Morgan fingerprint density at radius 1 is 1.09 bits per heavy atom. The largest absolute Gasteiger partial charge is 0.493 e. The van der Waals surface area contributed by atoms with Crippen molar-refractivity contribution in [2.75, 3.05) is 4.72 Å². The highest BCUT2D eigenvalue weighted by Gasteiger charge is 2.23. The van der Waals surface area contributed by atoms with Gasteiger partial charge in [-0.1, -0.05) is 29.8 Å². The number of sulfonamides is 1. The summed E-state index contributed by atoms with van der Waals surface area (Å²) in [4.78, 5) is 12.9. The molecule has 3 N–H and O–H groups in total. The maximum absolute atomic E-state index is 13.0. The van der Waals surface area contributed by atoms with E-state index < -0.39 is 25.5 Å². The highest BCUT2D eigenvalue weighted by molar-refractivity contribution is 7.92. The van der Waals surface area contributed by atoms with Crippen LogP contribution in [-0.2, 0) is 10.0 Å². The average Bonchev–Trinajstić information content (AvgIpc) is 3.10. The number of rotatable bonds is 6. The number of aromatic hydroxyl groups is 1. The zero-order valence-electron chi connectivity index (χ0n) is 17.0. The molecule has 0 saturated carbocycles. The molecule has 4 aromatic rings. The van der Waals surface area contributed by atoms with Crippen LogP contribution in [0.25, 0.3) is 10.9 Å². The molecule has 1 heterocycles. The van der Waals surface area contributed by atoms with E-state index in [1.807, 2.05) is 13.0 Å². The van der Waals surface area contributed by atoms with Gasteiger partial charge in [-0.25, -0.2) is 8.42 Å². The van der Waals surface area contributed by atoms with Crippen LogP contribution < -0.4 is 4.72 Å². The van der Waals surface area contributed by atoms with Crippen molar-refractivity contribution in [1.82, 2.24) is 4.98 Å². The molecule has 1 aromatic heterocycles. The van der Waals surface area contributed by atoms with E-state index in [1.54, 1.807) is 12.1 Å². The summed E-state index contributed by atoms with van der Waals surface area (Å²) in [5, 5.41) is 30.5. The summed E-state index contributed by atoms with van der Waals surface area (Å²) < 4.78 is 28.4. The molecule has 12 heteroatoms. The number of aromatic nitrogens is 1. The van der Waals surface area contributed by atoms with Crippen LogP contribution in [0.4, 0.5) is 22.7 Å². The van der Waals surface area contributed by atoms with E-state index in [0.29, 0.717) is 15.9 Å². The lowest BCUT2D eigenvalue weighted by molar-refractivity contribution is -0.385. The quantitative estimate of drug-likeness (QED) is 0.175. The molecule has 0 spiro atoms. The van der Waals surface area contributed by atoms with Crippen LogP contribution in [0.15, 0.2) is 75.8 Å². The average molecular weight is 486 g/mol. The predicted molar refractivity (Wildman–Crippen MR) is 124 cm³/mol. The number of nitro groups is 1. The summed E-state index contributed by atoms with van der Waals surface area (Å²) in [6, 6.07) is 14.4. The smallest absolute Gasteiger partial charge is 0.270 e. The van der Waals surface area contributed by atoms with Crippen molar-refractivity contribution in [3.63, 3.8) is 0 Å². The number of nitrogens with one attached hydrogen (secondary N) is 2. The van der Waals surface area contributed by atoms with Gasteiger partial charge < -0.3 is 10.1 Å². The Morgan fingerprint density at radius 3 is 2.52 bits per heavy atom. The minimum atomic E-state index is -4.28. The van der Waals surface area contributed by atoms with Gasteiger partial charge in [-0.15, -0.1) is 10.2 Å². The zero-order chi connectivity index (χ0) is 23.8. The van der Waals surface area contributed by atoms with Crippen molar-refractivity contribution in [3.8, 4) is 5.88 Å². The van der Waals surface area contributed by atoms with E-state index in [-0.39, 0.29) is 22.9 Å². The number of hydrogen-bond donors (Lipinski definition) is 3. The van der Waals surface area contributed by atoms with E-state index in [4.69, 9.17) is 11.6 Å². The number of azo groups is 1. The molecule has 0 fully saturated rings. The van der Waals surface area contributed by atoms with Crippen LogP contribution in [-0.4, -0.2) is 23.4 Å². The predicted octanol–water partition coefficient (Wildman–Crippen LogP) is 5.96. The third-order valence-electron chi connectivity index (χ3n) is 4.79. The Morgan fingerprint density at radius 2 is 1.82 bits per heavy atom. The van der Waals surface area contributed by atoms with Crippen LogP contribution in [0.2, 0.25) is 5.02 Å². The lowest BCUT2D eigenvalue weighted by Crippen LogP contribution is -2.13. The van der Waals surface area contributed by atoms with Crippen molar-refractivity contribution in [3.05, 3.63) is 81.4 Å². The summed E-state index contributed by atoms with van der Waals surface area (Å²) in [7, 11) is -4.28. The molecule has 4 rings (SSSR count). The van der Waals surface area contributed by atoms with Gasteiger partial charge in [0.2, 0.25) is 5.88 Å². The van der Waals surface area contributed by atoms with Crippen LogP contribution in [0, 0.1) is 17.0 Å². The number of benzene rings is 3. The van der Waals surface area contributed by atoms with Crippen LogP contribution >= 0.6 is 11.6 Å². The first-order valence-corrected chi connectivity index (χ1v) is 11.3. The number of anilines is 1. The van der Waals surface area contributed by atoms with Crippen molar-refractivity contribution in [2.45, 2.75) is 11.8 Å². The Balaban J connectivity index is 1.79. The number of H-pyrrole nitrogens is 1. The first-order valence-electron chi connectivity index (χ1n) is 9.44.